The summed E-state index contributed by atoms with van der Waals surface area (Å²) in [5, 5.41) is 20.8. The van der Waals surface area contributed by atoms with Crippen LogP contribution in [0.25, 0.3) is 22.6 Å². The van der Waals surface area contributed by atoms with Crippen LogP contribution in [0.2, 0.25) is 0 Å². The van der Waals surface area contributed by atoms with Crippen molar-refractivity contribution in [1.82, 2.24) is 20.4 Å². The number of aliphatic hydroxyl groups excluding tert-OH is 1. The quantitative estimate of drug-likeness (QED) is 0.421. The zero-order valence-electron chi connectivity index (χ0n) is 21.1. The second kappa shape index (κ2) is 10.7. The number of hydrogen-bond donors (Lipinski definition) is 3. The Balaban J connectivity index is 1.74. The van der Waals surface area contributed by atoms with Gasteiger partial charge in [-0.15, -0.1) is 0 Å². The monoisotopic (exact) mass is 481 g/mol. The zero-order valence-corrected chi connectivity index (χ0v) is 21.1. The second-order valence-electron chi connectivity index (χ2n) is 9.42. The van der Waals surface area contributed by atoms with Crippen LogP contribution < -0.4 is 15.4 Å². The summed E-state index contributed by atoms with van der Waals surface area (Å²) < 4.78 is 16.9. The van der Waals surface area contributed by atoms with Gasteiger partial charge in [-0.3, -0.25) is 0 Å². The van der Waals surface area contributed by atoms with Gasteiger partial charge in [-0.25, -0.2) is 9.97 Å². The van der Waals surface area contributed by atoms with Crippen molar-refractivity contribution in [2.24, 2.45) is 0 Å². The first-order valence-electron chi connectivity index (χ1n) is 12.0. The van der Waals surface area contributed by atoms with Crippen molar-refractivity contribution in [1.29, 1.82) is 0 Å². The van der Waals surface area contributed by atoms with E-state index in [4.69, 9.17) is 24.0 Å². The summed E-state index contributed by atoms with van der Waals surface area (Å²) in [5.41, 5.74) is 4.10. The number of hydrogen-bond acceptors (Lipinski definition) is 9. The van der Waals surface area contributed by atoms with Crippen LogP contribution in [0.15, 0.2) is 28.8 Å². The van der Waals surface area contributed by atoms with Gasteiger partial charge in [-0.2, -0.15) is 0 Å². The number of nitrogens with zero attached hydrogens (tertiary/aromatic N) is 3. The first-order valence-corrected chi connectivity index (χ1v) is 12.0. The number of aromatic nitrogens is 3. The minimum absolute atomic E-state index is 0.126. The molecule has 4 rings (SSSR count). The Kier molecular flexibility index (Phi) is 7.69. The van der Waals surface area contributed by atoms with Crippen LogP contribution in [0.3, 0.4) is 0 Å². The molecule has 0 amide bonds. The molecule has 3 aromatic rings. The summed E-state index contributed by atoms with van der Waals surface area (Å²) in [6.07, 6.45) is 1.19. The lowest BCUT2D eigenvalue weighted by Gasteiger charge is -2.35. The van der Waals surface area contributed by atoms with E-state index in [1.54, 1.807) is 7.05 Å². The van der Waals surface area contributed by atoms with Gasteiger partial charge in [0, 0.05) is 36.4 Å². The number of anilines is 1. The summed E-state index contributed by atoms with van der Waals surface area (Å²) >= 11 is 0. The average Bonchev–Trinajstić information content (AvgIpc) is 3.17. The van der Waals surface area contributed by atoms with Crippen molar-refractivity contribution >= 4 is 5.82 Å². The van der Waals surface area contributed by atoms with Crippen LogP contribution in [-0.4, -0.2) is 65.3 Å². The third-order valence-corrected chi connectivity index (χ3v) is 6.41. The maximum absolute atomic E-state index is 9.99. The Bertz CT molecular complexity index is 1140. The fourth-order valence-corrected chi connectivity index (χ4v) is 4.28. The van der Waals surface area contributed by atoms with E-state index >= 15 is 0 Å². The van der Waals surface area contributed by atoms with Gasteiger partial charge in [0.05, 0.1) is 17.0 Å². The first-order chi connectivity index (χ1) is 16.8. The van der Waals surface area contributed by atoms with Gasteiger partial charge in [0.2, 0.25) is 0 Å². The molecule has 1 aliphatic rings. The third kappa shape index (κ3) is 5.80. The number of nitrogens with one attached hydrogen (secondary N) is 2. The predicted molar refractivity (Wildman–Crippen MR) is 135 cm³/mol. The lowest BCUT2D eigenvalue weighted by atomic mass is 9.92. The molecule has 3 N–H and O–H groups in total. The number of aryl methyl sites for hydroxylation is 2. The first kappa shape index (κ1) is 25.1. The second-order valence-corrected chi connectivity index (χ2v) is 9.42. The number of rotatable bonds is 9. The number of aliphatic hydroxyl groups is 1. The molecule has 3 heterocycles. The molecule has 1 aromatic carbocycles. The molecule has 9 nitrogen and oxygen atoms in total. The van der Waals surface area contributed by atoms with Gasteiger partial charge in [0.25, 0.3) is 0 Å². The van der Waals surface area contributed by atoms with E-state index in [0.29, 0.717) is 23.9 Å². The van der Waals surface area contributed by atoms with E-state index in [-0.39, 0.29) is 12.1 Å². The normalized spacial score (nSPS) is 16.2. The van der Waals surface area contributed by atoms with Crippen molar-refractivity contribution in [3.05, 3.63) is 41.3 Å². The SMILES string of the molecule is CNCC(O)COc1cccc(-c2nc(NC3(C)CCOCC3)c(C)c(-c3c(C)noc3C)n2)c1. The third-order valence-electron chi connectivity index (χ3n) is 6.41. The lowest BCUT2D eigenvalue weighted by molar-refractivity contribution is 0.0657. The van der Waals surface area contributed by atoms with Gasteiger partial charge in [-0.1, -0.05) is 17.3 Å². The van der Waals surface area contributed by atoms with E-state index in [0.717, 1.165) is 60.0 Å². The fraction of sp³-hybridized carbons (Fsp3) is 0.500. The van der Waals surface area contributed by atoms with E-state index in [2.05, 4.69) is 22.7 Å². The molecule has 1 atom stereocenters. The van der Waals surface area contributed by atoms with Crippen LogP contribution in [0.5, 0.6) is 5.75 Å². The molecule has 1 unspecified atom stereocenters. The Morgan fingerprint density at radius 2 is 1.94 bits per heavy atom. The van der Waals surface area contributed by atoms with Crippen molar-refractivity contribution in [3.8, 4) is 28.4 Å². The highest BCUT2D eigenvalue weighted by Crippen LogP contribution is 2.35. The molecule has 35 heavy (non-hydrogen) atoms. The Labute approximate surface area is 206 Å². The molecule has 9 heteroatoms. The summed E-state index contributed by atoms with van der Waals surface area (Å²) in [5.74, 6) is 2.72. The highest BCUT2D eigenvalue weighted by Gasteiger charge is 2.29. The van der Waals surface area contributed by atoms with E-state index in [1.807, 2.05) is 45.0 Å². The van der Waals surface area contributed by atoms with Gasteiger partial charge < -0.3 is 29.7 Å². The molecule has 0 radical (unpaired) electrons. The molecule has 0 saturated carbocycles. The summed E-state index contributed by atoms with van der Waals surface area (Å²) in [7, 11) is 1.79. The summed E-state index contributed by atoms with van der Waals surface area (Å²) in [4.78, 5) is 9.91. The van der Waals surface area contributed by atoms with Crippen LogP contribution >= 0.6 is 0 Å². The van der Waals surface area contributed by atoms with Crippen molar-refractivity contribution in [3.63, 3.8) is 0 Å². The Hall–Kier alpha value is -3.01. The fourth-order valence-electron chi connectivity index (χ4n) is 4.28. The van der Waals surface area contributed by atoms with Gasteiger partial charge in [0.1, 0.15) is 30.0 Å². The predicted octanol–water partition coefficient (Wildman–Crippen LogP) is 3.66. The lowest BCUT2D eigenvalue weighted by Crippen LogP contribution is -2.41. The van der Waals surface area contributed by atoms with Crippen molar-refractivity contribution in [2.75, 3.05) is 38.7 Å². The molecule has 1 saturated heterocycles. The molecule has 2 aromatic heterocycles. The number of ether oxygens (including phenoxy) is 2. The molecule has 0 spiro atoms. The van der Waals surface area contributed by atoms with Crippen molar-refractivity contribution in [2.45, 2.75) is 52.2 Å². The molecule has 0 aliphatic carbocycles. The van der Waals surface area contributed by atoms with Crippen LogP contribution in [-0.2, 0) is 4.74 Å². The van der Waals surface area contributed by atoms with Gasteiger partial charge in [-0.05, 0) is 59.7 Å². The largest absolute Gasteiger partial charge is 0.491 e. The molecular weight excluding hydrogens is 446 g/mol. The molecule has 188 valence electrons. The van der Waals surface area contributed by atoms with Gasteiger partial charge in [0.15, 0.2) is 5.82 Å². The van der Waals surface area contributed by atoms with Crippen LogP contribution in [0, 0.1) is 20.8 Å². The minimum Gasteiger partial charge on any atom is -0.491 e. The molecule has 1 aliphatic heterocycles. The topological polar surface area (TPSA) is 115 Å². The number of benzene rings is 1. The minimum atomic E-state index is -0.596. The highest BCUT2D eigenvalue weighted by atomic mass is 16.5. The van der Waals surface area contributed by atoms with Gasteiger partial charge >= 0.3 is 0 Å². The number of likely N-dealkylation sites (N-methyl/N-ethyl adjacent to an activating group) is 1. The molecule has 1 fully saturated rings. The van der Waals surface area contributed by atoms with E-state index in [1.165, 1.54) is 0 Å². The van der Waals surface area contributed by atoms with Crippen LogP contribution in [0.4, 0.5) is 5.82 Å². The van der Waals surface area contributed by atoms with E-state index in [9.17, 15) is 5.11 Å². The molecule has 0 bridgehead atoms. The summed E-state index contributed by atoms with van der Waals surface area (Å²) in [6, 6.07) is 7.62. The smallest absolute Gasteiger partial charge is 0.162 e. The Morgan fingerprint density at radius 1 is 1.17 bits per heavy atom. The Morgan fingerprint density at radius 3 is 2.63 bits per heavy atom. The molecular formula is C26H35N5O4. The summed E-state index contributed by atoms with van der Waals surface area (Å²) in [6.45, 7) is 10.1. The maximum Gasteiger partial charge on any atom is 0.162 e. The average molecular weight is 482 g/mol. The standard InChI is InChI=1S/C26H35N5O4/c1-16-23(22-17(2)31-35-18(22)3)28-25(29-24(16)30-26(4)9-11-33-12-10-26)19-7-6-8-21(13-19)34-15-20(32)14-27-5/h6-8,13,20,27,32H,9-12,14-15H2,1-5H3,(H,28,29,30). The zero-order chi connectivity index (χ0) is 25.0. The van der Waals surface area contributed by atoms with Crippen molar-refractivity contribution < 1.29 is 19.1 Å². The highest BCUT2D eigenvalue weighted by molar-refractivity contribution is 5.74. The van der Waals surface area contributed by atoms with E-state index < -0.39 is 6.10 Å². The van der Waals surface area contributed by atoms with Crippen LogP contribution in [0.1, 0.15) is 36.8 Å². The maximum atomic E-state index is 9.99.